The summed E-state index contributed by atoms with van der Waals surface area (Å²) < 4.78 is 0. The zero-order valence-corrected chi connectivity index (χ0v) is 6.62. The number of aliphatic hydroxyl groups excluding tert-OH is 2. The maximum absolute atomic E-state index is 9.07. The molecule has 0 aromatic heterocycles. The highest BCUT2D eigenvalue weighted by Crippen LogP contribution is 2.07. The molecule has 2 heteroatoms. The van der Waals surface area contributed by atoms with Gasteiger partial charge in [-0.2, -0.15) is 0 Å². The minimum Gasteiger partial charge on any atom is -0.394 e. The van der Waals surface area contributed by atoms with Crippen LogP contribution in [0, 0.1) is 5.92 Å². The molecule has 0 amide bonds. The fraction of sp³-hybridized carbons (Fsp3) is 0.750. The van der Waals surface area contributed by atoms with Crippen LogP contribution in [0.15, 0.2) is 12.2 Å². The second-order valence-corrected chi connectivity index (χ2v) is 2.53. The molecule has 0 aliphatic heterocycles. The third-order valence-electron chi connectivity index (χ3n) is 1.59. The molecule has 0 saturated heterocycles. The zero-order chi connectivity index (χ0) is 7.98. The molecule has 0 saturated carbocycles. The Morgan fingerprint density at radius 3 is 2.50 bits per heavy atom. The van der Waals surface area contributed by atoms with E-state index in [1.807, 2.05) is 26.0 Å². The molecule has 0 aliphatic rings. The van der Waals surface area contributed by atoms with Crippen molar-refractivity contribution in [1.29, 1.82) is 0 Å². The smallest absolute Gasteiger partial charge is 0.0799 e. The zero-order valence-electron chi connectivity index (χ0n) is 6.62. The largest absolute Gasteiger partial charge is 0.394 e. The fourth-order valence-corrected chi connectivity index (χ4v) is 0.688. The first-order valence-corrected chi connectivity index (χ1v) is 3.62. The molecule has 0 fully saturated rings. The molecule has 0 heterocycles. The van der Waals surface area contributed by atoms with E-state index in [2.05, 4.69) is 0 Å². The van der Waals surface area contributed by atoms with E-state index in [9.17, 15) is 0 Å². The molecule has 2 nitrogen and oxygen atoms in total. The highest BCUT2D eigenvalue weighted by Gasteiger charge is 2.09. The van der Waals surface area contributed by atoms with Gasteiger partial charge >= 0.3 is 0 Å². The van der Waals surface area contributed by atoms with Crippen molar-refractivity contribution in [1.82, 2.24) is 0 Å². The second-order valence-electron chi connectivity index (χ2n) is 2.53. The maximum atomic E-state index is 9.07. The third-order valence-corrected chi connectivity index (χ3v) is 1.59. The van der Waals surface area contributed by atoms with E-state index < -0.39 is 6.10 Å². The summed E-state index contributed by atoms with van der Waals surface area (Å²) in [7, 11) is 0. The van der Waals surface area contributed by atoms with Gasteiger partial charge in [0.05, 0.1) is 12.7 Å². The minimum atomic E-state index is -0.573. The molecule has 2 N–H and O–H groups in total. The van der Waals surface area contributed by atoms with Crippen LogP contribution < -0.4 is 0 Å². The topological polar surface area (TPSA) is 40.5 Å². The quantitative estimate of drug-likeness (QED) is 0.576. The lowest BCUT2D eigenvalue weighted by Crippen LogP contribution is -2.20. The van der Waals surface area contributed by atoms with Crippen molar-refractivity contribution in [2.45, 2.75) is 26.4 Å². The number of aliphatic hydroxyl groups is 2. The van der Waals surface area contributed by atoms with Gasteiger partial charge in [0.15, 0.2) is 0 Å². The van der Waals surface area contributed by atoms with Crippen LogP contribution in [-0.2, 0) is 0 Å². The number of rotatable bonds is 4. The van der Waals surface area contributed by atoms with Gasteiger partial charge in [0, 0.05) is 0 Å². The summed E-state index contributed by atoms with van der Waals surface area (Å²) in [5, 5.41) is 17.6. The lowest BCUT2D eigenvalue weighted by Gasteiger charge is -2.13. The minimum absolute atomic E-state index is 0.140. The molecule has 0 radical (unpaired) electrons. The van der Waals surface area contributed by atoms with E-state index in [4.69, 9.17) is 10.2 Å². The summed E-state index contributed by atoms with van der Waals surface area (Å²) in [5.74, 6) is 0.154. The van der Waals surface area contributed by atoms with Crippen molar-refractivity contribution in [2.24, 2.45) is 5.92 Å². The predicted octanol–water partition coefficient (Wildman–Crippen LogP) is 0.942. The van der Waals surface area contributed by atoms with E-state index in [1.54, 1.807) is 0 Å². The third kappa shape index (κ3) is 3.64. The molecule has 0 aromatic carbocycles. The Kier molecular flexibility index (Phi) is 5.26. The maximum Gasteiger partial charge on any atom is 0.0799 e. The van der Waals surface area contributed by atoms with Crippen LogP contribution in [0.4, 0.5) is 0 Å². The van der Waals surface area contributed by atoms with Crippen LogP contribution in [0.3, 0.4) is 0 Å². The van der Waals surface area contributed by atoms with Crippen molar-refractivity contribution in [3.05, 3.63) is 12.2 Å². The molecule has 10 heavy (non-hydrogen) atoms. The van der Waals surface area contributed by atoms with Crippen LogP contribution in [0.25, 0.3) is 0 Å². The lowest BCUT2D eigenvalue weighted by atomic mass is 10.0. The van der Waals surface area contributed by atoms with E-state index in [1.165, 1.54) is 0 Å². The van der Waals surface area contributed by atoms with Crippen molar-refractivity contribution in [3.8, 4) is 0 Å². The Labute approximate surface area is 62.2 Å². The van der Waals surface area contributed by atoms with E-state index in [-0.39, 0.29) is 12.5 Å². The molecule has 0 bridgehead atoms. The fourth-order valence-electron chi connectivity index (χ4n) is 0.688. The lowest BCUT2D eigenvalue weighted by molar-refractivity contribution is 0.0544. The first kappa shape index (κ1) is 9.66. The highest BCUT2D eigenvalue weighted by molar-refractivity contribution is 4.81. The second kappa shape index (κ2) is 5.45. The normalized spacial score (nSPS) is 17.6. The SMILES string of the molecule is C/C=C/CC(C)C(O)CO. The highest BCUT2D eigenvalue weighted by atomic mass is 16.3. The summed E-state index contributed by atoms with van der Waals surface area (Å²) in [5.41, 5.74) is 0. The average molecular weight is 144 g/mol. The molecule has 2 unspecified atom stereocenters. The molecule has 0 aliphatic carbocycles. The van der Waals surface area contributed by atoms with Gasteiger partial charge in [0.1, 0.15) is 0 Å². The van der Waals surface area contributed by atoms with Crippen LogP contribution >= 0.6 is 0 Å². The van der Waals surface area contributed by atoms with Gasteiger partial charge in [-0.05, 0) is 19.3 Å². The predicted molar refractivity (Wildman–Crippen MR) is 41.7 cm³/mol. The van der Waals surface area contributed by atoms with Gasteiger partial charge < -0.3 is 10.2 Å². The summed E-state index contributed by atoms with van der Waals surface area (Å²) in [6, 6.07) is 0. The Morgan fingerprint density at radius 1 is 1.50 bits per heavy atom. The molecule has 0 spiro atoms. The molecule has 0 aromatic rings. The molecular weight excluding hydrogens is 128 g/mol. The summed E-state index contributed by atoms with van der Waals surface area (Å²) >= 11 is 0. The van der Waals surface area contributed by atoms with E-state index in [0.29, 0.717) is 0 Å². The molecule has 2 atom stereocenters. The average Bonchev–Trinajstić information content (AvgIpc) is 1.98. The van der Waals surface area contributed by atoms with Gasteiger partial charge in [-0.3, -0.25) is 0 Å². The van der Waals surface area contributed by atoms with Crippen LogP contribution in [0.5, 0.6) is 0 Å². The summed E-state index contributed by atoms with van der Waals surface area (Å²) in [6.07, 6.45) is 4.19. The first-order valence-electron chi connectivity index (χ1n) is 3.62. The molecule has 0 rings (SSSR count). The van der Waals surface area contributed by atoms with E-state index in [0.717, 1.165) is 6.42 Å². The number of allylic oxidation sites excluding steroid dienone is 2. The number of hydrogen-bond acceptors (Lipinski definition) is 2. The number of hydrogen-bond donors (Lipinski definition) is 2. The van der Waals surface area contributed by atoms with Crippen molar-refractivity contribution in [2.75, 3.05) is 6.61 Å². The van der Waals surface area contributed by atoms with Crippen molar-refractivity contribution < 1.29 is 10.2 Å². The van der Waals surface area contributed by atoms with Crippen molar-refractivity contribution >= 4 is 0 Å². The monoisotopic (exact) mass is 144 g/mol. The Bertz CT molecular complexity index is 99.4. The van der Waals surface area contributed by atoms with Gasteiger partial charge in [0.2, 0.25) is 0 Å². The Morgan fingerprint density at radius 2 is 2.10 bits per heavy atom. The summed E-state index contributed by atoms with van der Waals surface area (Å²) in [6.45, 7) is 3.72. The Hall–Kier alpha value is -0.340. The van der Waals surface area contributed by atoms with Gasteiger partial charge in [-0.25, -0.2) is 0 Å². The van der Waals surface area contributed by atoms with Crippen LogP contribution in [-0.4, -0.2) is 22.9 Å². The van der Waals surface area contributed by atoms with Crippen molar-refractivity contribution in [3.63, 3.8) is 0 Å². The standard InChI is InChI=1S/C8H16O2/c1-3-4-5-7(2)8(10)6-9/h3-4,7-10H,5-6H2,1-2H3/b4-3+. The van der Waals surface area contributed by atoms with Gasteiger partial charge in [-0.1, -0.05) is 19.1 Å². The molecular formula is C8H16O2. The first-order chi connectivity index (χ1) is 4.72. The Balaban J connectivity index is 3.50. The molecule has 60 valence electrons. The van der Waals surface area contributed by atoms with Crippen LogP contribution in [0.1, 0.15) is 20.3 Å². The van der Waals surface area contributed by atoms with Crippen LogP contribution in [0.2, 0.25) is 0 Å². The van der Waals surface area contributed by atoms with Gasteiger partial charge in [-0.15, -0.1) is 0 Å². The van der Waals surface area contributed by atoms with Gasteiger partial charge in [0.25, 0.3) is 0 Å². The summed E-state index contributed by atoms with van der Waals surface area (Å²) in [4.78, 5) is 0. The van der Waals surface area contributed by atoms with E-state index >= 15 is 0 Å².